The van der Waals surface area contributed by atoms with E-state index < -0.39 is 0 Å². The van der Waals surface area contributed by atoms with E-state index in [4.69, 9.17) is 0 Å². The fourth-order valence-electron chi connectivity index (χ4n) is 9.32. The van der Waals surface area contributed by atoms with Crippen molar-refractivity contribution in [2.75, 3.05) is 0 Å². The molecule has 66 heavy (non-hydrogen) atoms. The van der Waals surface area contributed by atoms with Gasteiger partial charge in [-0.05, 0) is 101 Å². The van der Waals surface area contributed by atoms with Crippen LogP contribution >= 0.6 is 0 Å². The second kappa shape index (κ2) is 57.6. The van der Waals surface area contributed by atoms with Crippen LogP contribution in [0, 0.1) is 81.3 Å². The maximum absolute atomic E-state index is 2.46. The molecule has 0 bridgehead atoms. The molecular formula is C66H150. The van der Waals surface area contributed by atoms with Crippen molar-refractivity contribution in [3.8, 4) is 0 Å². The molecule has 0 saturated heterocycles. The maximum Gasteiger partial charge on any atom is -0.0355 e. The topological polar surface area (TPSA) is 0 Å². The Bertz CT molecular complexity index is 707. The second-order valence-electron chi connectivity index (χ2n) is 22.7. The Labute approximate surface area is 431 Å². The third-order valence-electron chi connectivity index (χ3n) is 15.3. The van der Waals surface area contributed by atoms with Crippen LogP contribution in [0.15, 0.2) is 0 Å². The summed E-state index contributed by atoms with van der Waals surface area (Å²) in [7, 11) is 0. The van der Waals surface area contributed by atoms with Gasteiger partial charge in [-0.2, -0.15) is 0 Å². The van der Waals surface area contributed by atoms with E-state index in [0.717, 1.165) is 65.1 Å². The normalized spacial score (nSPS) is 13.0. The summed E-state index contributed by atoms with van der Waals surface area (Å²) < 4.78 is 0. The van der Waals surface area contributed by atoms with Gasteiger partial charge in [0, 0.05) is 0 Å². The summed E-state index contributed by atoms with van der Waals surface area (Å²) in [6.45, 7) is 79.5. The number of rotatable bonds is 23. The van der Waals surface area contributed by atoms with Gasteiger partial charge in [-0.15, -0.1) is 0 Å². The molecule has 414 valence electrons. The zero-order valence-corrected chi connectivity index (χ0v) is 54.9. The molecule has 4 atom stereocenters. The Balaban J connectivity index is -0.0000000924. The first-order valence-corrected chi connectivity index (χ1v) is 30.8. The minimum absolute atomic E-state index is 0.455. The average molecular weight is 944 g/mol. The van der Waals surface area contributed by atoms with Crippen molar-refractivity contribution in [1.29, 1.82) is 0 Å². The van der Waals surface area contributed by atoms with Gasteiger partial charge in [0.05, 0.1) is 0 Å². The molecule has 0 saturated carbocycles. The molecule has 0 aliphatic rings. The van der Waals surface area contributed by atoms with Gasteiger partial charge >= 0.3 is 0 Å². The first kappa shape index (κ1) is 85.8. The molecule has 0 heteroatoms. The molecule has 0 amide bonds. The molecular weight excluding hydrogens is 793 g/mol. The van der Waals surface area contributed by atoms with Gasteiger partial charge in [-0.25, -0.2) is 0 Å². The highest BCUT2D eigenvalue weighted by atomic mass is 14.4. The lowest BCUT2D eigenvalue weighted by atomic mass is 9.68. The fourth-order valence-corrected chi connectivity index (χ4v) is 9.32. The Morgan fingerprint density at radius 3 is 0.561 bits per heavy atom. The molecule has 0 aromatic carbocycles. The summed E-state index contributed by atoms with van der Waals surface area (Å²) in [6.07, 6.45) is 23.1. The van der Waals surface area contributed by atoms with Crippen LogP contribution in [0.25, 0.3) is 0 Å². The van der Waals surface area contributed by atoms with E-state index in [-0.39, 0.29) is 0 Å². The molecule has 0 heterocycles. The van der Waals surface area contributed by atoms with Crippen molar-refractivity contribution in [3.63, 3.8) is 0 Å². The third-order valence-corrected chi connectivity index (χ3v) is 15.3. The van der Waals surface area contributed by atoms with Crippen molar-refractivity contribution in [2.45, 2.75) is 351 Å². The summed E-state index contributed by atoms with van der Waals surface area (Å²) in [5.41, 5.74) is 1.38. The van der Waals surface area contributed by atoms with E-state index in [1.807, 2.05) is 55.4 Å². The molecule has 4 unspecified atom stereocenters. The fraction of sp³-hybridized carbons (Fsp3) is 1.00. The largest absolute Gasteiger partial charge is 0.0683 e. The van der Waals surface area contributed by atoms with E-state index in [0.29, 0.717) is 16.2 Å². The molecule has 0 N–H and O–H groups in total. The minimum Gasteiger partial charge on any atom is -0.0683 e. The van der Waals surface area contributed by atoms with E-state index in [9.17, 15) is 0 Å². The van der Waals surface area contributed by atoms with Crippen molar-refractivity contribution >= 4 is 0 Å². The Kier molecular flexibility index (Phi) is 74.9. The highest BCUT2D eigenvalue weighted by molar-refractivity contribution is 4.82. The molecule has 0 aliphatic carbocycles. The van der Waals surface area contributed by atoms with Gasteiger partial charge in [0.2, 0.25) is 0 Å². The zero-order valence-electron chi connectivity index (χ0n) is 54.9. The second-order valence-corrected chi connectivity index (χ2v) is 22.7. The van der Waals surface area contributed by atoms with Gasteiger partial charge in [0.25, 0.3) is 0 Å². The molecule has 0 aromatic rings. The zero-order chi connectivity index (χ0) is 54.9. The average Bonchev–Trinajstić information content (AvgIpc) is 3.28. The van der Waals surface area contributed by atoms with Crippen LogP contribution < -0.4 is 0 Å². The smallest absolute Gasteiger partial charge is 0.0355 e. The lowest BCUT2D eigenvalue weighted by Crippen LogP contribution is -2.28. The van der Waals surface area contributed by atoms with Crippen molar-refractivity contribution in [3.05, 3.63) is 0 Å². The van der Waals surface area contributed by atoms with Crippen molar-refractivity contribution in [2.24, 2.45) is 81.3 Å². The van der Waals surface area contributed by atoms with Gasteiger partial charge < -0.3 is 0 Å². The molecule has 0 fully saturated rings. The van der Waals surface area contributed by atoms with Gasteiger partial charge in [0.15, 0.2) is 0 Å². The van der Waals surface area contributed by atoms with Crippen LogP contribution in [0.3, 0.4) is 0 Å². The standard InChI is InChI=1S/2C18H38.C16H34.2C3H8.4C2H6/c2*1-9-15(10-2)17(16(11-3)12-4)13-14(5)18(6,7)8;1-8-11-15(14(9-2)10-3)12-13(4)16(5,6)7;2*1-3-2;4*1-2/h2*14-17H,9-13H2,1-8H3;13-15H,8-12H2,1-7H3;2*3H2,1-2H3;4*1-2H3. The molecule has 0 nitrogen and oxygen atoms in total. The highest BCUT2D eigenvalue weighted by Crippen LogP contribution is 2.42. The van der Waals surface area contributed by atoms with Crippen LogP contribution in [-0.2, 0) is 0 Å². The number of hydrogen-bond acceptors (Lipinski definition) is 0. The van der Waals surface area contributed by atoms with Crippen molar-refractivity contribution in [1.82, 2.24) is 0 Å². The third kappa shape index (κ3) is 47.7. The van der Waals surface area contributed by atoms with Gasteiger partial charge in [0.1, 0.15) is 0 Å². The molecule has 0 spiro atoms. The lowest BCUT2D eigenvalue weighted by molar-refractivity contribution is 0.124. The monoisotopic (exact) mass is 943 g/mol. The predicted octanol–water partition coefficient (Wildman–Crippen LogP) is 25.9. The van der Waals surface area contributed by atoms with E-state index in [1.54, 1.807) is 0 Å². The molecule has 0 rings (SSSR count). The summed E-state index contributed by atoms with van der Waals surface area (Å²) in [6, 6.07) is 0. The lowest BCUT2D eigenvalue weighted by Gasteiger charge is -2.38. The van der Waals surface area contributed by atoms with Crippen LogP contribution in [0.4, 0.5) is 0 Å². The van der Waals surface area contributed by atoms with E-state index >= 15 is 0 Å². The molecule has 0 radical (unpaired) electrons. The Morgan fingerprint density at radius 2 is 0.424 bits per heavy atom. The van der Waals surface area contributed by atoms with Crippen molar-refractivity contribution < 1.29 is 0 Å². The van der Waals surface area contributed by atoms with Crippen LogP contribution in [0.1, 0.15) is 351 Å². The summed E-state index contributed by atoms with van der Waals surface area (Å²) in [5.74, 6) is 9.98. The minimum atomic E-state index is 0.455. The first-order valence-electron chi connectivity index (χ1n) is 30.8. The summed E-state index contributed by atoms with van der Waals surface area (Å²) in [5, 5.41) is 0. The number of hydrogen-bond donors (Lipinski definition) is 0. The maximum atomic E-state index is 2.46. The van der Waals surface area contributed by atoms with E-state index in [1.165, 1.54) is 109 Å². The van der Waals surface area contributed by atoms with E-state index in [2.05, 4.69) is 187 Å². The summed E-state index contributed by atoms with van der Waals surface area (Å²) >= 11 is 0. The summed E-state index contributed by atoms with van der Waals surface area (Å²) in [4.78, 5) is 0. The highest BCUT2D eigenvalue weighted by Gasteiger charge is 2.32. The van der Waals surface area contributed by atoms with Crippen LogP contribution in [0.5, 0.6) is 0 Å². The quantitative estimate of drug-likeness (QED) is 0.0958. The van der Waals surface area contributed by atoms with Crippen LogP contribution in [0.2, 0.25) is 0 Å². The van der Waals surface area contributed by atoms with Crippen LogP contribution in [-0.4, -0.2) is 0 Å². The Morgan fingerprint density at radius 1 is 0.258 bits per heavy atom. The molecule has 0 aromatic heterocycles. The Hall–Kier alpha value is 0. The predicted molar refractivity (Wildman–Crippen MR) is 323 cm³/mol. The van der Waals surface area contributed by atoms with Gasteiger partial charge in [-0.1, -0.05) is 332 Å². The molecule has 0 aliphatic heterocycles. The SMILES string of the molecule is CC.CC.CC.CC.CCC.CCC.CCC(CC)C(CC(C)C(C)(C)C)C(CC)CC.CCC(CC)C(CC(C)C(C)(C)C)C(CC)CC.CCCC(CC(C)C(C)(C)C)C(CC)CC. The first-order chi connectivity index (χ1) is 30.8. The van der Waals surface area contributed by atoms with Gasteiger partial charge in [-0.3, -0.25) is 0 Å².